The van der Waals surface area contributed by atoms with Crippen LogP contribution < -0.4 is 5.32 Å². The van der Waals surface area contributed by atoms with Gasteiger partial charge in [0.05, 0.1) is 22.1 Å². The summed E-state index contributed by atoms with van der Waals surface area (Å²) in [7, 11) is 0.347. The van der Waals surface area contributed by atoms with Gasteiger partial charge in [0.1, 0.15) is 16.5 Å². The molecule has 1 saturated heterocycles. The average Bonchev–Trinajstić information content (AvgIpc) is 2.82. The molecular weight excluding hydrogens is 507 g/mol. The smallest absolute Gasteiger partial charge is 0.246 e. The monoisotopic (exact) mass is 536 g/mol. The molecule has 1 fully saturated rings. The zero-order valence-electron chi connectivity index (χ0n) is 19.9. The molecule has 0 aliphatic carbocycles. The van der Waals surface area contributed by atoms with E-state index in [0.29, 0.717) is 38.5 Å². The fraction of sp³-hybridized carbons (Fsp3) is 0.417. The van der Waals surface area contributed by atoms with E-state index < -0.39 is 10.0 Å². The molecule has 3 aromatic rings. The van der Waals surface area contributed by atoms with Gasteiger partial charge < -0.3 is 10.2 Å². The highest BCUT2D eigenvalue weighted by Gasteiger charge is 2.32. The number of para-hydroxylation sites is 1. The van der Waals surface area contributed by atoms with Crippen molar-refractivity contribution in [1.82, 2.24) is 24.1 Å². The fourth-order valence-electron chi connectivity index (χ4n) is 4.12. The van der Waals surface area contributed by atoms with E-state index in [-0.39, 0.29) is 14.9 Å². The summed E-state index contributed by atoms with van der Waals surface area (Å²) in [6.07, 6.45) is 1.01. The summed E-state index contributed by atoms with van der Waals surface area (Å²) in [4.78, 5) is 13.9. The molecule has 0 unspecified atom stereocenters. The molecule has 4 rings (SSSR count). The van der Waals surface area contributed by atoms with Crippen LogP contribution in [0, 0.1) is 0 Å². The van der Waals surface area contributed by atoms with Crippen LogP contribution in [0.4, 0.5) is 5.82 Å². The van der Waals surface area contributed by atoms with E-state index in [1.54, 1.807) is 18.2 Å². The molecule has 0 atom stereocenters. The van der Waals surface area contributed by atoms with E-state index in [9.17, 15) is 8.42 Å². The minimum absolute atomic E-state index is 0.0281. The molecule has 0 bridgehead atoms. The first kappa shape index (κ1) is 26.1. The topological polar surface area (TPSA) is 81.7 Å². The van der Waals surface area contributed by atoms with Crippen LogP contribution in [0.25, 0.3) is 10.9 Å². The van der Waals surface area contributed by atoms with Crippen LogP contribution in [0.2, 0.25) is 10.0 Å². The quantitative estimate of drug-likeness (QED) is 0.416. The molecule has 1 N–H and O–H groups in total. The van der Waals surface area contributed by atoms with Crippen molar-refractivity contribution >= 4 is 49.9 Å². The van der Waals surface area contributed by atoms with E-state index in [1.807, 2.05) is 24.3 Å². The van der Waals surface area contributed by atoms with Gasteiger partial charge in [-0.1, -0.05) is 41.4 Å². The Hall–Kier alpha value is -2.01. The lowest BCUT2D eigenvalue weighted by Gasteiger charge is -2.33. The maximum atomic E-state index is 13.2. The number of piperazine rings is 1. The van der Waals surface area contributed by atoms with Gasteiger partial charge in [-0.2, -0.15) is 4.31 Å². The van der Waals surface area contributed by atoms with Crippen LogP contribution in [0.15, 0.2) is 47.4 Å². The Kier molecular flexibility index (Phi) is 8.46. The molecule has 2 heterocycles. The summed E-state index contributed by atoms with van der Waals surface area (Å²) in [6, 6.07) is 12.7. The molecule has 0 radical (unpaired) electrons. The third kappa shape index (κ3) is 6.22. The van der Waals surface area contributed by atoms with Crippen molar-refractivity contribution in [3.63, 3.8) is 0 Å². The zero-order chi connectivity index (χ0) is 25.0. The van der Waals surface area contributed by atoms with Gasteiger partial charge in [-0.3, -0.25) is 4.90 Å². The molecule has 1 aromatic heterocycles. The minimum Gasteiger partial charge on any atom is -0.369 e. The number of anilines is 1. The van der Waals surface area contributed by atoms with Gasteiger partial charge in [0, 0.05) is 38.1 Å². The second-order valence-electron chi connectivity index (χ2n) is 8.82. The second kappa shape index (κ2) is 11.4. The number of hydrogen-bond acceptors (Lipinski definition) is 7. The summed E-state index contributed by atoms with van der Waals surface area (Å²) in [6.45, 7) is 4.15. The average molecular weight is 538 g/mol. The number of aromatic nitrogens is 2. The molecule has 0 amide bonds. The molecular formula is C24H30Cl2N6O2S. The van der Waals surface area contributed by atoms with Crippen LogP contribution in [0.1, 0.15) is 12.2 Å². The van der Waals surface area contributed by atoms with Gasteiger partial charge in [-0.15, -0.1) is 0 Å². The van der Waals surface area contributed by atoms with Crippen molar-refractivity contribution in [2.24, 2.45) is 0 Å². The number of benzene rings is 2. The Morgan fingerprint density at radius 1 is 0.971 bits per heavy atom. The standard InChI is InChI=1S/C24H30Cl2N6O2S/c1-30(2)12-6-11-27-24-18-7-3-4-10-21(18)28-22(29-24)17-31-13-15-32(16-14-31)35(33,34)23-19(25)8-5-9-20(23)26/h3-5,7-10H,6,11-17H2,1-2H3,(H,27,28,29). The summed E-state index contributed by atoms with van der Waals surface area (Å²) in [5.74, 6) is 1.54. The van der Waals surface area contributed by atoms with Crippen molar-refractivity contribution in [3.05, 3.63) is 58.3 Å². The van der Waals surface area contributed by atoms with Gasteiger partial charge in [0.25, 0.3) is 0 Å². The van der Waals surface area contributed by atoms with Crippen molar-refractivity contribution in [3.8, 4) is 0 Å². The lowest BCUT2D eigenvalue weighted by Crippen LogP contribution is -2.48. The first-order chi connectivity index (χ1) is 16.8. The lowest BCUT2D eigenvalue weighted by molar-refractivity contribution is 0.178. The Labute approximate surface area is 216 Å². The van der Waals surface area contributed by atoms with Crippen LogP contribution in [0.5, 0.6) is 0 Å². The zero-order valence-corrected chi connectivity index (χ0v) is 22.2. The highest BCUT2D eigenvalue weighted by atomic mass is 35.5. The first-order valence-electron chi connectivity index (χ1n) is 11.6. The van der Waals surface area contributed by atoms with Crippen molar-refractivity contribution in [2.75, 3.05) is 58.7 Å². The molecule has 2 aromatic carbocycles. The number of hydrogen-bond donors (Lipinski definition) is 1. The summed E-state index contributed by atoms with van der Waals surface area (Å²) in [5.41, 5.74) is 0.891. The van der Waals surface area contributed by atoms with Gasteiger partial charge in [0.15, 0.2) is 0 Å². The fourth-order valence-corrected chi connectivity index (χ4v) is 6.63. The molecule has 188 valence electrons. The lowest BCUT2D eigenvalue weighted by atomic mass is 10.2. The molecule has 1 aliphatic heterocycles. The number of nitrogens with zero attached hydrogens (tertiary/aromatic N) is 5. The van der Waals surface area contributed by atoms with Crippen LogP contribution in [-0.4, -0.2) is 85.9 Å². The molecule has 8 nitrogen and oxygen atoms in total. The third-order valence-electron chi connectivity index (χ3n) is 5.94. The highest BCUT2D eigenvalue weighted by Crippen LogP contribution is 2.32. The Morgan fingerprint density at radius 3 is 2.34 bits per heavy atom. The van der Waals surface area contributed by atoms with Gasteiger partial charge in [-0.25, -0.2) is 18.4 Å². The maximum absolute atomic E-state index is 13.2. The van der Waals surface area contributed by atoms with Crippen molar-refractivity contribution < 1.29 is 8.42 Å². The number of halogens is 2. The Balaban J connectivity index is 1.44. The largest absolute Gasteiger partial charge is 0.369 e. The summed E-state index contributed by atoms with van der Waals surface area (Å²) in [5, 5.41) is 4.73. The number of rotatable bonds is 9. The Bertz CT molecular complexity index is 1260. The van der Waals surface area contributed by atoms with E-state index in [2.05, 4.69) is 29.2 Å². The normalized spacial score (nSPS) is 15.7. The van der Waals surface area contributed by atoms with Crippen LogP contribution in [0.3, 0.4) is 0 Å². The maximum Gasteiger partial charge on any atom is 0.246 e. The summed E-state index contributed by atoms with van der Waals surface area (Å²) < 4.78 is 27.7. The van der Waals surface area contributed by atoms with Gasteiger partial charge in [0.2, 0.25) is 10.0 Å². The number of sulfonamides is 1. The Morgan fingerprint density at radius 2 is 1.66 bits per heavy atom. The SMILES string of the molecule is CN(C)CCCNc1nc(CN2CCN(S(=O)(=O)c3c(Cl)cccc3Cl)CC2)nc2ccccc12. The second-order valence-corrected chi connectivity index (χ2v) is 11.5. The van der Waals surface area contributed by atoms with Crippen molar-refractivity contribution in [1.29, 1.82) is 0 Å². The number of nitrogens with one attached hydrogen (secondary N) is 1. The molecule has 0 saturated carbocycles. The van der Waals surface area contributed by atoms with E-state index in [1.165, 1.54) is 4.31 Å². The van der Waals surface area contributed by atoms with Crippen molar-refractivity contribution in [2.45, 2.75) is 17.9 Å². The predicted octanol–water partition coefficient (Wildman–Crippen LogP) is 3.81. The first-order valence-corrected chi connectivity index (χ1v) is 13.8. The molecule has 35 heavy (non-hydrogen) atoms. The molecule has 0 spiro atoms. The van der Waals surface area contributed by atoms with Gasteiger partial charge in [-0.05, 0) is 51.3 Å². The van der Waals surface area contributed by atoms with E-state index in [0.717, 1.165) is 36.2 Å². The van der Waals surface area contributed by atoms with Crippen LogP contribution in [-0.2, 0) is 16.6 Å². The summed E-state index contributed by atoms with van der Waals surface area (Å²) >= 11 is 12.3. The predicted molar refractivity (Wildman–Crippen MR) is 142 cm³/mol. The molecule has 11 heteroatoms. The van der Waals surface area contributed by atoms with Gasteiger partial charge >= 0.3 is 0 Å². The highest BCUT2D eigenvalue weighted by molar-refractivity contribution is 7.89. The minimum atomic E-state index is -3.78. The van der Waals surface area contributed by atoms with E-state index >= 15 is 0 Å². The van der Waals surface area contributed by atoms with Crippen LogP contribution >= 0.6 is 23.2 Å². The third-order valence-corrected chi connectivity index (χ3v) is 8.79. The molecule has 1 aliphatic rings. The van der Waals surface area contributed by atoms with E-state index in [4.69, 9.17) is 33.2 Å². The number of fused-ring (bicyclic) bond motifs is 1.